The number of hydrogen-bond acceptors (Lipinski definition) is 2. The van der Waals surface area contributed by atoms with Crippen LogP contribution in [0.1, 0.15) is 18.4 Å². The van der Waals surface area contributed by atoms with Crippen LogP contribution in [0.5, 0.6) is 0 Å². The Labute approximate surface area is 115 Å². The van der Waals surface area contributed by atoms with Crippen molar-refractivity contribution in [3.63, 3.8) is 0 Å². The minimum atomic E-state index is 0.171. The summed E-state index contributed by atoms with van der Waals surface area (Å²) < 4.78 is 0. The number of nitrogens with one attached hydrogen (secondary N) is 1. The number of benzene rings is 1. The van der Waals surface area contributed by atoms with Gasteiger partial charge in [-0.15, -0.1) is 6.58 Å². The highest BCUT2D eigenvalue weighted by molar-refractivity contribution is 5.78. The van der Waals surface area contributed by atoms with Crippen molar-refractivity contribution >= 4 is 5.91 Å². The summed E-state index contributed by atoms with van der Waals surface area (Å²) in [5.74, 6) is 0.367. The molecule has 1 aliphatic rings. The smallest absolute Gasteiger partial charge is 0.223 e. The van der Waals surface area contributed by atoms with E-state index in [-0.39, 0.29) is 11.8 Å². The first-order valence-electron chi connectivity index (χ1n) is 6.94. The molecule has 1 amide bonds. The zero-order valence-corrected chi connectivity index (χ0v) is 11.3. The average molecular weight is 258 g/mol. The van der Waals surface area contributed by atoms with Crippen molar-refractivity contribution < 1.29 is 4.79 Å². The van der Waals surface area contributed by atoms with Gasteiger partial charge in [-0.3, -0.25) is 9.69 Å². The van der Waals surface area contributed by atoms with E-state index < -0.39 is 0 Å². The molecule has 0 atom stereocenters. The Kier molecular flexibility index (Phi) is 5.16. The molecule has 1 N–H and O–H groups in total. The van der Waals surface area contributed by atoms with E-state index in [4.69, 9.17) is 0 Å². The van der Waals surface area contributed by atoms with Crippen molar-refractivity contribution in [3.8, 4) is 0 Å². The first-order chi connectivity index (χ1) is 9.29. The molecule has 0 bridgehead atoms. The van der Waals surface area contributed by atoms with Gasteiger partial charge in [-0.25, -0.2) is 0 Å². The van der Waals surface area contributed by atoms with Gasteiger partial charge < -0.3 is 5.32 Å². The van der Waals surface area contributed by atoms with Crippen molar-refractivity contribution in [2.45, 2.75) is 19.4 Å². The zero-order chi connectivity index (χ0) is 13.5. The molecule has 1 aliphatic heterocycles. The van der Waals surface area contributed by atoms with Crippen LogP contribution >= 0.6 is 0 Å². The Bertz CT molecular complexity index is 408. The molecule has 1 aromatic rings. The summed E-state index contributed by atoms with van der Waals surface area (Å²) in [4.78, 5) is 14.4. The highest BCUT2D eigenvalue weighted by atomic mass is 16.1. The summed E-state index contributed by atoms with van der Waals surface area (Å²) in [6.07, 6.45) is 3.83. The summed E-state index contributed by atoms with van der Waals surface area (Å²) in [5, 5.41) is 3.04. The minimum absolute atomic E-state index is 0.171. The van der Waals surface area contributed by atoms with Gasteiger partial charge in [-0.2, -0.15) is 0 Å². The Hall–Kier alpha value is -1.61. The van der Waals surface area contributed by atoms with Gasteiger partial charge in [0, 0.05) is 19.0 Å². The van der Waals surface area contributed by atoms with Crippen LogP contribution in [0.2, 0.25) is 0 Å². The fourth-order valence-corrected chi connectivity index (χ4v) is 2.49. The number of hydrogen-bond donors (Lipinski definition) is 1. The lowest BCUT2D eigenvalue weighted by Crippen LogP contribution is -2.40. The second kappa shape index (κ2) is 7.10. The third kappa shape index (κ3) is 4.21. The lowest BCUT2D eigenvalue weighted by atomic mass is 9.96. The molecular weight excluding hydrogens is 236 g/mol. The normalized spacial score (nSPS) is 17.1. The van der Waals surface area contributed by atoms with Gasteiger partial charge in [0.25, 0.3) is 0 Å². The zero-order valence-electron chi connectivity index (χ0n) is 11.3. The Morgan fingerprint density at radius 2 is 2.00 bits per heavy atom. The molecule has 3 nitrogen and oxygen atoms in total. The van der Waals surface area contributed by atoms with E-state index in [2.05, 4.69) is 16.8 Å². The maximum atomic E-state index is 12.1. The number of carbonyl (C=O) groups is 1. The molecule has 2 rings (SSSR count). The summed E-state index contributed by atoms with van der Waals surface area (Å²) >= 11 is 0. The lowest BCUT2D eigenvalue weighted by molar-refractivity contribution is -0.126. The third-order valence-electron chi connectivity index (χ3n) is 3.66. The van der Waals surface area contributed by atoms with E-state index in [0.29, 0.717) is 6.54 Å². The number of piperidine rings is 1. The van der Waals surface area contributed by atoms with Crippen molar-refractivity contribution in [1.29, 1.82) is 0 Å². The molecule has 102 valence electrons. The largest absolute Gasteiger partial charge is 0.352 e. The van der Waals surface area contributed by atoms with Crippen molar-refractivity contribution in [2.75, 3.05) is 19.6 Å². The fourth-order valence-electron chi connectivity index (χ4n) is 2.49. The highest BCUT2D eigenvalue weighted by Gasteiger charge is 2.23. The van der Waals surface area contributed by atoms with E-state index in [1.807, 2.05) is 36.4 Å². The van der Waals surface area contributed by atoms with Crippen LogP contribution in [-0.4, -0.2) is 30.4 Å². The number of nitrogens with zero attached hydrogens (tertiary/aromatic N) is 1. The minimum Gasteiger partial charge on any atom is -0.352 e. The fraction of sp³-hybridized carbons (Fsp3) is 0.438. The van der Waals surface area contributed by atoms with Crippen molar-refractivity contribution in [1.82, 2.24) is 10.2 Å². The second-order valence-electron chi connectivity index (χ2n) is 5.07. The van der Waals surface area contributed by atoms with Crippen molar-refractivity contribution in [3.05, 3.63) is 48.6 Å². The predicted octanol–water partition coefficient (Wildman–Crippen LogP) is 2.20. The van der Waals surface area contributed by atoms with E-state index in [0.717, 1.165) is 38.0 Å². The quantitative estimate of drug-likeness (QED) is 0.821. The molecule has 0 radical (unpaired) electrons. The van der Waals surface area contributed by atoms with Crippen LogP contribution < -0.4 is 5.32 Å². The summed E-state index contributed by atoms with van der Waals surface area (Å²) in [6.45, 7) is 7.30. The molecule has 1 heterocycles. The Morgan fingerprint density at radius 1 is 1.32 bits per heavy atom. The molecule has 0 spiro atoms. The maximum absolute atomic E-state index is 12.1. The van der Waals surface area contributed by atoms with E-state index in [1.165, 1.54) is 0 Å². The summed E-state index contributed by atoms with van der Waals surface area (Å²) in [7, 11) is 0. The Morgan fingerprint density at radius 3 is 2.63 bits per heavy atom. The molecule has 1 aromatic carbocycles. The highest BCUT2D eigenvalue weighted by Crippen LogP contribution is 2.17. The summed E-state index contributed by atoms with van der Waals surface area (Å²) in [5.41, 5.74) is 1.15. The second-order valence-corrected chi connectivity index (χ2v) is 5.07. The van der Waals surface area contributed by atoms with Crippen LogP contribution in [-0.2, 0) is 11.3 Å². The maximum Gasteiger partial charge on any atom is 0.223 e. The first-order valence-corrected chi connectivity index (χ1v) is 6.94. The molecule has 19 heavy (non-hydrogen) atoms. The SMILES string of the molecule is C=CCN1CCC(C(=O)NCc2ccccc2)CC1. The first kappa shape index (κ1) is 13.8. The molecule has 0 saturated carbocycles. The molecule has 0 unspecified atom stereocenters. The third-order valence-corrected chi connectivity index (χ3v) is 3.66. The average Bonchev–Trinajstić information content (AvgIpc) is 2.47. The topological polar surface area (TPSA) is 32.3 Å². The monoisotopic (exact) mass is 258 g/mol. The van der Waals surface area contributed by atoms with Crippen molar-refractivity contribution in [2.24, 2.45) is 5.92 Å². The van der Waals surface area contributed by atoms with E-state index in [9.17, 15) is 4.79 Å². The van der Waals surface area contributed by atoms with Crippen LogP contribution in [0, 0.1) is 5.92 Å². The van der Waals surface area contributed by atoms with Gasteiger partial charge in [0.05, 0.1) is 0 Å². The van der Waals surface area contributed by atoms with E-state index in [1.54, 1.807) is 0 Å². The molecule has 0 aromatic heterocycles. The molecule has 0 aliphatic carbocycles. The van der Waals surface area contributed by atoms with Gasteiger partial charge in [-0.1, -0.05) is 36.4 Å². The van der Waals surface area contributed by atoms with Crippen LogP contribution in [0.4, 0.5) is 0 Å². The van der Waals surface area contributed by atoms with Gasteiger partial charge in [-0.05, 0) is 31.5 Å². The van der Waals surface area contributed by atoms with Crippen LogP contribution in [0.15, 0.2) is 43.0 Å². The number of rotatable bonds is 5. The standard InChI is InChI=1S/C16H22N2O/c1-2-10-18-11-8-15(9-12-18)16(19)17-13-14-6-4-3-5-7-14/h2-7,15H,1,8-13H2,(H,17,19). The number of carbonyl (C=O) groups excluding carboxylic acids is 1. The molecule has 3 heteroatoms. The van der Waals surface area contributed by atoms with Crippen LogP contribution in [0.25, 0.3) is 0 Å². The number of likely N-dealkylation sites (tertiary alicyclic amines) is 1. The van der Waals surface area contributed by atoms with Crippen LogP contribution in [0.3, 0.4) is 0 Å². The van der Waals surface area contributed by atoms with Gasteiger partial charge >= 0.3 is 0 Å². The molecule has 1 fully saturated rings. The number of amides is 1. The molecule has 1 saturated heterocycles. The predicted molar refractivity (Wildman–Crippen MR) is 77.6 cm³/mol. The van der Waals surface area contributed by atoms with Gasteiger partial charge in [0.1, 0.15) is 0 Å². The lowest BCUT2D eigenvalue weighted by Gasteiger charge is -2.30. The van der Waals surface area contributed by atoms with Gasteiger partial charge in [0.15, 0.2) is 0 Å². The Balaban J connectivity index is 1.74. The molecular formula is C16H22N2O. The van der Waals surface area contributed by atoms with E-state index >= 15 is 0 Å². The van der Waals surface area contributed by atoms with Gasteiger partial charge in [0.2, 0.25) is 5.91 Å². The summed E-state index contributed by atoms with van der Waals surface area (Å²) in [6, 6.07) is 10.0.